The Morgan fingerprint density at radius 3 is 2.50 bits per heavy atom. The number of aromatic nitrogens is 1. The van der Waals surface area contributed by atoms with E-state index >= 15 is 0 Å². The first-order chi connectivity index (χ1) is 8.69. The molecule has 18 heavy (non-hydrogen) atoms. The fraction of sp³-hybridized carbons (Fsp3) is 0.286. The van der Waals surface area contributed by atoms with Gasteiger partial charge >= 0.3 is 6.47 Å². The molecule has 95 valence electrons. The summed E-state index contributed by atoms with van der Waals surface area (Å²) in [4.78, 5) is 15.6. The zero-order valence-corrected chi connectivity index (χ0v) is 10.9. The van der Waals surface area contributed by atoms with Crippen LogP contribution in [0.15, 0.2) is 36.4 Å². The largest absolute Gasteiger partial charge is 0.458 e. The minimum absolute atomic E-state index is 0.420. The van der Waals surface area contributed by atoms with Gasteiger partial charge in [0.2, 0.25) is 0 Å². The lowest BCUT2D eigenvalue weighted by Gasteiger charge is -2.11. The SMILES string of the molecule is CCO[C]=O.CN(C)c1ccc2ccccc2n1. The van der Waals surface area contributed by atoms with Crippen molar-refractivity contribution in [3.05, 3.63) is 36.4 Å². The number of fused-ring (bicyclic) bond motifs is 1. The van der Waals surface area contributed by atoms with Gasteiger partial charge in [-0.25, -0.2) is 9.78 Å². The highest BCUT2D eigenvalue weighted by Gasteiger charge is 1.97. The fourth-order valence-corrected chi connectivity index (χ4v) is 1.36. The lowest BCUT2D eigenvalue weighted by molar-refractivity contribution is 0.296. The molecule has 0 bridgehead atoms. The van der Waals surface area contributed by atoms with E-state index in [2.05, 4.69) is 21.9 Å². The van der Waals surface area contributed by atoms with Crippen LogP contribution in [-0.4, -0.2) is 32.2 Å². The molecule has 1 aromatic heterocycles. The van der Waals surface area contributed by atoms with Crippen molar-refractivity contribution in [2.45, 2.75) is 6.92 Å². The van der Waals surface area contributed by atoms with E-state index < -0.39 is 0 Å². The smallest absolute Gasteiger partial charge is 0.417 e. The molecule has 2 rings (SSSR count). The Labute approximate surface area is 107 Å². The van der Waals surface area contributed by atoms with E-state index in [0.717, 1.165) is 11.3 Å². The zero-order chi connectivity index (χ0) is 13.4. The molecular formula is C14H17N2O2. The van der Waals surface area contributed by atoms with Gasteiger partial charge in [0.25, 0.3) is 0 Å². The molecule has 4 heteroatoms. The van der Waals surface area contributed by atoms with Crippen LogP contribution in [0.5, 0.6) is 0 Å². The van der Waals surface area contributed by atoms with Gasteiger partial charge in [-0.3, -0.25) is 0 Å². The first kappa shape index (κ1) is 14.0. The highest BCUT2D eigenvalue weighted by atomic mass is 16.5. The van der Waals surface area contributed by atoms with Crippen molar-refractivity contribution in [2.75, 3.05) is 25.6 Å². The molecule has 0 amide bonds. The second-order valence-electron chi connectivity index (χ2n) is 3.77. The van der Waals surface area contributed by atoms with E-state index in [1.807, 2.05) is 43.3 Å². The number of benzene rings is 1. The molecule has 2 aromatic rings. The van der Waals surface area contributed by atoms with Crippen molar-refractivity contribution >= 4 is 23.2 Å². The van der Waals surface area contributed by atoms with E-state index in [1.54, 1.807) is 6.92 Å². The maximum atomic E-state index is 9.06. The Morgan fingerprint density at radius 2 is 1.94 bits per heavy atom. The average Bonchev–Trinajstić information content (AvgIpc) is 2.40. The number of ether oxygens (including phenoxy) is 1. The quantitative estimate of drug-likeness (QED) is 0.832. The normalized spacial score (nSPS) is 9.28. The number of anilines is 1. The Bertz CT molecular complexity index is 498. The van der Waals surface area contributed by atoms with Crippen LogP contribution in [0.3, 0.4) is 0 Å². The molecule has 0 spiro atoms. The molecule has 0 aliphatic carbocycles. The van der Waals surface area contributed by atoms with Gasteiger partial charge in [-0.05, 0) is 25.1 Å². The van der Waals surface area contributed by atoms with Crippen molar-refractivity contribution in [1.29, 1.82) is 0 Å². The van der Waals surface area contributed by atoms with Crippen LogP contribution in [0.4, 0.5) is 5.82 Å². The van der Waals surface area contributed by atoms with Gasteiger partial charge in [-0.2, -0.15) is 0 Å². The van der Waals surface area contributed by atoms with E-state index in [0.29, 0.717) is 6.61 Å². The Kier molecular flexibility index (Phi) is 5.64. The van der Waals surface area contributed by atoms with Crippen LogP contribution in [0, 0.1) is 0 Å². The molecule has 4 nitrogen and oxygen atoms in total. The summed E-state index contributed by atoms with van der Waals surface area (Å²) in [6, 6.07) is 12.3. The number of rotatable bonds is 3. The third-order valence-electron chi connectivity index (χ3n) is 2.25. The molecule has 0 saturated carbocycles. The number of nitrogens with zero attached hydrogens (tertiary/aromatic N) is 2. The highest BCUT2D eigenvalue weighted by molar-refractivity contribution is 5.80. The Balaban J connectivity index is 0.000000280. The lowest BCUT2D eigenvalue weighted by Crippen LogP contribution is -2.10. The summed E-state index contributed by atoms with van der Waals surface area (Å²) in [5.74, 6) is 0.999. The van der Waals surface area contributed by atoms with Crippen molar-refractivity contribution < 1.29 is 9.53 Å². The third kappa shape index (κ3) is 4.05. The van der Waals surface area contributed by atoms with Gasteiger partial charge < -0.3 is 9.64 Å². The summed E-state index contributed by atoms with van der Waals surface area (Å²) in [6.45, 7) is 3.41. The third-order valence-corrected chi connectivity index (χ3v) is 2.25. The van der Waals surface area contributed by atoms with Gasteiger partial charge in [-0.15, -0.1) is 0 Å². The number of carbonyl (C=O) groups excluding carboxylic acids is 1. The first-order valence-corrected chi connectivity index (χ1v) is 5.71. The summed E-state index contributed by atoms with van der Waals surface area (Å²) in [6.07, 6.45) is 0. The summed E-state index contributed by atoms with van der Waals surface area (Å²) in [5, 5.41) is 1.19. The van der Waals surface area contributed by atoms with Crippen molar-refractivity contribution in [2.24, 2.45) is 0 Å². The van der Waals surface area contributed by atoms with Crippen LogP contribution in [0.1, 0.15) is 6.92 Å². The Hall–Kier alpha value is -2.10. The van der Waals surface area contributed by atoms with Crippen LogP contribution >= 0.6 is 0 Å². The molecule has 0 aliphatic rings. The van der Waals surface area contributed by atoms with Crippen molar-refractivity contribution in [1.82, 2.24) is 4.98 Å². The summed E-state index contributed by atoms with van der Waals surface area (Å²) >= 11 is 0. The highest BCUT2D eigenvalue weighted by Crippen LogP contribution is 2.15. The minimum Gasteiger partial charge on any atom is -0.458 e. The first-order valence-electron chi connectivity index (χ1n) is 5.71. The van der Waals surface area contributed by atoms with Gasteiger partial charge in [0.1, 0.15) is 5.82 Å². The standard InChI is InChI=1S/C11H12N2.C3H5O2/c1-13(2)11-8-7-9-5-3-4-6-10(9)12-11;1-2-5-3-4/h3-8H,1-2H3;2H2,1H3. The Morgan fingerprint density at radius 1 is 1.22 bits per heavy atom. The number of para-hydroxylation sites is 1. The van der Waals surface area contributed by atoms with Gasteiger partial charge in [0, 0.05) is 19.5 Å². The van der Waals surface area contributed by atoms with Crippen LogP contribution in [0.25, 0.3) is 10.9 Å². The van der Waals surface area contributed by atoms with E-state index in [-0.39, 0.29) is 0 Å². The van der Waals surface area contributed by atoms with Gasteiger partial charge in [0.05, 0.1) is 12.1 Å². The fourth-order valence-electron chi connectivity index (χ4n) is 1.36. The molecule has 0 saturated heterocycles. The maximum Gasteiger partial charge on any atom is 0.417 e. The molecule has 0 N–H and O–H groups in total. The summed E-state index contributed by atoms with van der Waals surface area (Å²) < 4.78 is 4.03. The van der Waals surface area contributed by atoms with Crippen LogP contribution < -0.4 is 4.90 Å². The van der Waals surface area contributed by atoms with Gasteiger partial charge in [0.15, 0.2) is 0 Å². The zero-order valence-electron chi connectivity index (χ0n) is 10.9. The predicted octanol–water partition coefficient (Wildman–Crippen LogP) is 2.39. The van der Waals surface area contributed by atoms with E-state index in [9.17, 15) is 0 Å². The lowest BCUT2D eigenvalue weighted by atomic mass is 10.2. The molecule has 1 heterocycles. The van der Waals surface area contributed by atoms with E-state index in [4.69, 9.17) is 4.79 Å². The molecule has 1 radical (unpaired) electrons. The second-order valence-corrected chi connectivity index (χ2v) is 3.77. The number of hydrogen-bond donors (Lipinski definition) is 0. The monoisotopic (exact) mass is 245 g/mol. The predicted molar refractivity (Wildman–Crippen MR) is 73.4 cm³/mol. The molecule has 0 aliphatic heterocycles. The molecule has 0 fully saturated rings. The topological polar surface area (TPSA) is 42.4 Å². The number of pyridine rings is 1. The van der Waals surface area contributed by atoms with Crippen LogP contribution in [-0.2, 0) is 9.53 Å². The van der Waals surface area contributed by atoms with Crippen molar-refractivity contribution in [3.8, 4) is 0 Å². The molecule has 1 aromatic carbocycles. The average molecular weight is 245 g/mol. The molecule has 0 unspecified atom stereocenters. The summed E-state index contributed by atoms with van der Waals surface area (Å²) in [5.41, 5.74) is 1.05. The van der Waals surface area contributed by atoms with Gasteiger partial charge in [-0.1, -0.05) is 18.2 Å². The second kappa shape index (κ2) is 7.27. The van der Waals surface area contributed by atoms with Crippen LogP contribution in [0.2, 0.25) is 0 Å². The molecular weight excluding hydrogens is 228 g/mol. The minimum atomic E-state index is 0.420. The summed E-state index contributed by atoms with van der Waals surface area (Å²) in [7, 11) is 3.99. The van der Waals surface area contributed by atoms with E-state index in [1.165, 1.54) is 11.9 Å². The van der Waals surface area contributed by atoms with Crippen molar-refractivity contribution in [3.63, 3.8) is 0 Å². The maximum absolute atomic E-state index is 9.06. The number of hydrogen-bond acceptors (Lipinski definition) is 4. The molecule has 0 atom stereocenters.